The third-order valence-corrected chi connectivity index (χ3v) is 4.08. The molecule has 17 heavy (non-hydrogen) atoms. The summed E-state index contributed by atoms with van der Waals surface area (Å²) in [6, 6.07) is -0.673. The second-order valence-electron chi connectivity index (χ2n) is 4.06. The SMILES string of the molecule is Cc1ncc(S(=O)(=O)NC2CCN(C)C2=O)[nH]1. The van der Waals surface area contributed by atoms with Crippen LogP contribution in [0.4, 0.5) is 0 Å². The molecule has 1 aliphatic rings. The highest BCUT2D eigenvalue weighted by molar-refractivity contribution is 7.89. The maximum atomic E-state index is 11.9. The molecule has 0 aliphatic carbocycles. The third-order valence-electron chi connectivity index (χ3n) is 2.69. The molecule has 0 radical (unpaired) electrons. The van der Waals surface area contributed by atoms with Crippen LogP contribution in [-0.4, -0.2) is 48.8 Å². The van der Waals surface area contributed by atoms with Gasteiger partial charge in [-0.2, -0.15) is 4.72 Å². The van der Waals surface area contributed by atoms with Gasteiger partial charge in [0.15, 0.2) is 5.03 Å². The predicted octanol–water partition coefficient (Wildman–Crippen LogP) is -0.773. The van der Waals surface area contributed by atoms with Gasteiger partial charge in [0, 0.05) is 13.6 Å². The van der Waals surface area contributed by atoms with Crippen LogP contribution in [-0.2, 0) is 14.8 Å². The molecule has 1 fully saturated rings. The molecule has 1 amide bonds. The van der Waals surface area contributed by atoms with Gasteiger partial charge in [0.25, 0.3) is 10.0 Å². The molecular weight excluding hydrogens is 244 g/mol. The number of hydrogen-bond acceptors (Lipinski definition) is 4. The fourth-order valence-corrected chi connectivity index (χ4v) is 2.91. The zero-order valence-corrected chi connectivity index (χ0v) is 10.4. The first-order valence-corrected chi connectivity index (χ1v) is 6.67. The number of nitrogens with zero attached hydrogens (tertiary/aromatic N) is 2. The first kappa shape index (κ1) is 12.1. The number of amides is 1. The molecule has 0 spiro atoms. The number of nitrogens with one attached hydrogen (secondary N) is 2. The van der Waals surface area contributed by atoms with Crippen LogP contribution in [0.1, 0.15) is 12.2 Å². The lowest BCUT2D eigenvalue weighted by atomic mass is 10.3. The average Bonchev–Trinajstić information content (AvgIpc) is 2.80. The molecule has 2 N–H and O–H groups in total. The second kappa shape index (κ2) is 4.11. The molecule has 1 unspecified atom stereocenters. The van der Waals surface area contributed by atoms with Crippen LogP contribution < -0.4 is 4.72 Å². The normalized spacial score (nSPS) is 21.2. The Balaban J connectivity index is 2.16. The molecule has 8 heteroatoms. The van der Waals surface area contributed by atoms with E-state index in [9.17, 15) is 13.2 Å². The summed E-state index contributed by atoms with van der Waals surface area (Å²) in [6.45, 7) is 2.22. The third kappa shape index (κ3) is 2.32. The highest BCUT2D eigenvalue weighted by atomic mass is 32.2. The molecule has 0 bridgehead atoms. The summed E-state index contributed by atoms with van der Waals surface area (Å²) in [4.78, 5) is 19.5. The lowest BCUT2D eigenvalue weighted by Crippen LogP contribution is -2.40. The highest BCUT2D eigenvalue weighted by Crippen LogP contribution is 2.12. The molecule has 2 heterocycles. The summed E-state index contributed by atoms with van der Waals surface area (Å²) >= 11 is 0. The number of H-pyrrole nitrogens is 1. The quantitative estimate of drug-likeness (QED) is 0.744. The van der Waals surface area contributed by atoms with E-state index in [0.29, 0.717) is 18.8 Å². The number of likely N-dealkylation sites (N-methyl/N-ethyl adjacent to an activating group) is 1. The van der Waals surface area contributed by atoms with Gasteiger partial charge in [0.2, 0.25) is 5.91 Å². The van der Waals surface area contributed by atoms with Crippen LogP contribution in [0.15, 0.2) is 11.2 Å². The predicted molar refractivity (Wildman–Crippen MR) is 59.7 cm³/mol. The number of imidazole rings is 1. The van der Waals surface area contributed by atoms with Crippen molar-refractivity contribution in [3.8, 4) is 0 Å². The zero-order valence-electron chi connectivity index (χ0n) is 9.60. The van der Waals surface area contributed by atoms with Crippen molar-refractivity contribution >= 4 is 15.9 Å². The van der Waals surface area contributed by atoms with Gasteiger partial charge in [-0.15, -0.1) is 0 Å². The topological polar surface area (TPSA) is 95.2 Å². The number of likely N-dealkylation sites (tertiary alicyclic amines) is 1. The van der Waals surface area contributed by atoms with Crippen molar-refractivity contribution in [3.05, 3.63) is 12.0 Å². The van der Waals surface area contributed by atoms with E-state index >= 15 is 0 Å². The van der Waals surface area contributed by atoms with E-state index in [2.05, 4.69) is 14.7 Å². The van der Waals surface area contributed by atoms with Gasteiger partial charge in [-0.3, -0.25) is 4.79 Å². The molecule has 1 aromatic rings. The number of carbonyl (C=O) groups excluding carboxylic acids is 1. The zero-order chi connectivity index (χ0) is 12.6. The number of carbonyl (C=O) groups is 1. The molecule has 0 saturated carbocycles. The minimum atomic E-state index is -3.69. The molecular formula is C9H14N4O3S. The number of rotatable bonds is 3. The van der Waals surface area contributed by atoms with E-state index in [1.165, 1.54) is 11.1 Å². The van der Waals surface area contributed by atoms with Gasteiger partial charge >= 0.3 is 0 Å². The number of hydrogen-bond donors (Lipinski definition) is 2. The Morgan fingerprint density at radius 1 is 1.59 bits per heavy atom. The lowest BCUT2D eigenvalue weighted by Gasteiger charge is -2.11. The first-order chi connectivity index (χ1) is 7.90. The summed E-state index contributed by atoms with van der Waals surface area (Å²) in [5, 5.41) is -0.0163. The summed E-state index contributed by atoms with van der Waals surface area (Å²) in [7, 11) is -2.04. The van der Waals surface area contributed by atoms with Gasteiger partial charge in [0.1, 0.15) is 11.9 Å². The average molecular weight is 258 g/mol. The van der Waals surface area contributed by atoms with E-state index in [1.807, 2.05) is 0 Å². The lowest BCUT2D eigenvalue weighted by molar-refractivity contribution is -0.127. The Bertz CT molecular complexity index is 536. The molecule has 7 nitrogen and oxygen atoms in total. The monoisotopic (exact) mass is 258 g/mol. The minimum Gasteiger partial charge on any atom is -0.344 e. The molecule has 1 saturated heterocycles. The van der Waals surface area contributed by atoms with Gasteiger partial charge in [0.05, 0.1) is 6.20 Å². The maximum Gasteiger partial charge on any atom is 0.258 e. The number of aromatic amines is 1. The van der Waals surface area contributed by atoms with E-state index < -0.39 is 16.1 Å². The standard InChI is InChI=1S/C9H14N4O3S/c1-6-10-5-8(11-6)17(15,16)12-7-3-4-13(2)9(7)14/h5,7,12H,3-4H2,1-2H3,(H,10,11). The van der Waals surface area contributed by atoms with Crippen LogP contribution >= 0.6 is 0 Å². The van der Waals surface area contributed by atoms with Crippen molar-refractivity contribution in [1.29, 1.82) is 0 Å². The second-order valence-corrected chi connectivity index (χ2v) is 5.74. The fourth-order valence-electron chi connectivity index (χ4n) is 1.72. The molecule has 0 aromatic carbocycles. The summed E-state index contributed by atoms with van der Waals surface area (Å²) in [5.41, 5.74) is 0. The fraction of sp³-hybridized carbons (Fsp3) is 0.556. The summed E-state index contributed by atoms with van der Waals surface area (Å²) in [5.74, 6) is 0.310. The van der Waals surface area contributed by atoms with Gasteiger partial charge in [-0.1, -0.05) is 0 Å². The smallest absolute Gasteiger partial charge is 0.258 e. The number of aromatic nitrogens is 2. The molecule has 1 atom stereocenters. The van der Waals surface area contributed by atoms with E-state index in [-0.39, 0.29) is 10.9 Å². The Morgan fingerprint density at radius 3 is 2.76 bits per heavy atom. The van der Waals surface area contributed by atoms with Crippen LogP contribution in [0, 0.1) is 6.92 Å². The minimum absolute atomic E-state index is 0.0163. The Hall–Kier alpha value is -1.41. The Labute approximate surface area is 99.3 Å². The van der Waals surface area contributed by atoms with E-state index in [0.717, 1.165) is 0 Å². The van der Waals surface area contributed by atoms with E-state index in [1.54, 1.807) is 14.0 Å². The number of sulfonamides is 1. The molecule has 1 aromatic heterocycles. The van der Waals surface area contributed by atoms with Gasteiger partial charge in [-0.25, -0.2) is 13.4 Å². The Morgan fingerprint density at radius 2 is 2.29 bits per heavy atom. The maximum absolute atomic E-state index is 11.9. The van der Waals surface area contributed by atoms with Crippen LogP contribution in [0.2, 0.25) is 0 Å². The van der Waals surface area contributed by atoms with Crippen LogP contribution in [0.5, 0.6) is 0 Å². The molecule has 94 valence electrons. The molecule has 2 rings (SSSR count). The van der Waals surface area contributed by atoms with Crippen LogP contribution in [0.3, 0.4) is 0 Å². The van der Waals surface area contributed by atoms with Crippen molar-refractivity contribution in [3.63, 3.8) is 0 Å². The van der Waals surface area contributed by atoms with E-state index in [4.69, 9.17) is 0 Å². The van der Waals surface area contributed by atoms with Crippen molar-refractivity contribution < 1.29 is 13.2 Å². The molecule has 1 aliphatic heterocycles. The van der Waals surface area contributed by atoms with Gasteiger partial charge < -0.3 is 9.88 Å². The summed E-state index contributed by atoms with van der Waals surface area (Å²) in [6.07, 6.45) is 1.72. The van der Waals surface area contributed by atoms with Crippen molar-refractivity contribution in [2.75, 3.05) is 13.6 Å². The first-order valence-electron chi connectivity index (χ1n) is 5.19. The van der Waals surface area contributed by atoms with Crippen LogP contribution in [0.25, 0.3) is 0 Å². The van der Waals surface area contributed by atoms with Gasteiger partial charge in [-0.05, 0) is 13.3 Å². The van der Waals surface area contributed by atoms with Crippen molar-refractivity contribution in [1.82, 2.24) is 19.6 Å². The summed E-state index contributed by atoms with van der Waals surface area (Å²) < 4.78 is 26.2. The Kier molecular flexibility index (Phi) is 2.92. The van der Waals surface area contributed by atoms with Crippen molar-refractivity contribution in [2.45, 2.75) is 24.4 Å². The highest BCUT2D eigenvalue weighted by Gasteiger charge is 2.33. The van der Waals surface area contributed by atoms with Crippen molar-refractivity contribution in [2.24, 2.45) is 0 Å². The largest absolute Gasteiger partial charge is 0.344 e. The number of aryl methyl sites for hydroxylation is 1.